The number of carbonyl (C=O) groups excluding carboxylic acids is 5. The van der Waals surface area contributed by atoms with Gasteiger partial charge in [-0.15, -0.1) is 0 Å². The first kappa shape index (κ1) is 62.2. The molecule has 7 atom stereocenters. The zero-order chi connectivity index (χ0) is 57.3. The van der Waals surface area contributed by atoms with E-state index in [9.17, 15) is 24.0 Å². The van der Waals surface area contributed by atoms with Gasteiger partial charge in [-0.05, 0) is 96.1 Å². The molecule has 2 N–H and O–H groups in total. The average Bonchev–Trinajstić information content (AvgIpc) is 4.06. The Morgan fingerprint density at radius 1 is 0.848 bits per heavy atom. The van der Waals surface area contributed by atoms with Gasteiger partial charge >= 0.3 is 24.0 Å². The van der Waals surface area contributed by atoms with Crippen LogP contribution in [-0.4, -0.2) is 97.3 Å². The molecule has 21 heteroatoms. The van der Waals surface area contributed by atoms with Gasteiger partial charge in [0, 0.05) is 42.7 Å². The van der Waals surface area contributed by atoms with E-state index in [2.05, 4.69) is 20.7 Å². The Hall–Kier alpha value is -6.04. The van der Waals surface area contributed by atoms with Gasteiger partial charge in [-0.1, -0.05) is 170 Å². The van der Waals surface area contributed by atoms with Gasteiger partial charge in [-0.2, -0.15) is 0 Å². The summed E-state index contributed by atoms with van der Waals surface area (Å²) < 4.78 is 39.7. The van der Waals surface area contributed by atoms with Crippen molar-refractivity contribution in [2.75, 3.05) is 33.4 Å². The first-order valence-corrected chi connectivity index (χ1v) is 27.6. The summed E-state index contributed by atoms with van der Waals surface area (Å²) in [4.78, 5) is 72.1. The summed E-state index contributed by atoms with van der Waals surface area (Å²) in [5.74, 6) is -5.76. The molecule has 0 bridgehead atoms. The number of amides is 2. The van der Waals surface area contributed by atoms with Gasteiger partial charge in [-0.3, -0.25) is 9.59 Å². The average molecular weight is 1170 g/mol. The summed E-state index contributed by atoms with van der Waals surface area (Å²) in [6, 6.07) is 29.0. The molecule has 0 unspecified atom stereocenters. The van der Waals surface area contributed by atoms with Crippen LogP contribution in [0, 0.1) is 17.8 Å². The minimum absolute atomic E-state index is 0.0551. The summed E-state index contributed by atoms with van der Waals surface area (Å²) >= 11 is 24.0. The summed E-state index contributed by atoms with van der Waals surface area (Å²) in [7, 11) is 1.46. The van der Waals surface area contributed by atoms with Crippen molar-refractivity contribution in [2.24, 2.45) is 22.9 Å². The van der Waals surface area contributed by atoms with Crippen LogP contribution < -0.4 is 15.4 Å². The smallest absolute Gasteiger partial charge is 0.407 e. The number of rotatable bonds is 27. The largest absolute Gasteiger partial charge is 0.495 e. The minimum Gasteiger partial charge on any atom is -0.495 e. The van der Waals surface area contributed by atoms with E-state index in [-0.39, 0.29) is 62.2 Å². The Morgan fingerprint density at radius 2 is 1.52 bits per heavy atom. The fraction of sp³-hybridized carbons (Fsp3) is 0.466. The molecule has 79 heavy (non-hydrogen) atoms. The molecule has 1 aliphatic heterocycles. The number of hydrogen-bond donors (Lipinski definition) is 2. The predicted molar refractivity (Wildman–Crippen MR) is 301 cm³/mol. The van der Waals surface area contributed by atoms with Crippen LogP contribution in [0.5, 0.6) is 5.75 Å². The van der Waals surface area contributed by atoms with E-state index in [1.165, 1.54) is 19.3 Å². The minimum atomic E-state index is -1.92. The number of benzene rings is 4. The van der Waals surface area contributed by atoms with Crippen LogP contribution >= 0.6 is 46.4 Å². The number of azide groups is 1. The number of alkyl halides is 3. The number of halogens is 4. The van der Waals surface area contributed by atoms with Crippen molar-refractivity contribution in [3.05, 3.63) is 147 Å². The maximum atomic E-state index is 14.6. The summed E-state index contributed by atoms with van der Waals surface area (Å²) in [6.45, 7) is 8.60. The quantitative estimate of drug-likeness (QED) is 0.00832. The summed E-state index contributed by atoms with van der Waals surface area (Å²) in [6.07, 6.45) is -0.706. The number of nitrogens with zero attached hydrogens (tertiary/aromatic N) is 3. The van der Waals surface area contributed by atoms with E-state index in [0.717, 1.165) is 27.8 Å². The number of fused-ring (bicyclic) bond motifs is 3. The molecule has 4 aromatic carbocycles. The van der Waals surface area contributed by atoms with E-state index >= 15 is 0 Å². The van der Waals surface area contributed by atoms with Crippen molar-refractivity contribution in [2.45, 2.75) is 119 Å². The molecule has 0 radical (unpaired) electrons. The Balaban J connectivity index is 1.20. The summed E-state index contributed by atoms with van der Waals surface area (Å²) in [5.41, 5.74) is 14.5. The third-order valence-corrected chi connectivity index (χ3v) is 14.0. The van der Waals surface area contributed by atoms with Crippen LogP contribution in [0.1, 0.15) is 101 Å². The standard InChI is InChI=1S/C58H67Cl4N5O12/c1-35(2)29-49(77-53(69)39(19-14-15-28-65-67-63)32-64-56(72)74-33-44-42-22-12-10-20-40(42)41-21-11-13-23-43(41)44)55(71)76-47(36(3)51-52(79-57(4,5)78-51)38-17-8-7-9-18-38)24-16-25-50(68)66-46(54(70)75-34-58(60,61)62)31-37-26-27-48(73-6)45(59)30-37/h7-13,16-18,20-23,25-27,30,35-36,39,44,46-47,49,51-52H,14-15,19,24,28-29,31-34H2,1-6H3,(H,64,72)(H,66,68)/b25-16+/t36-,39-,46+,47-,49-,51+,52+/m0/s1. The number of esters is 3. The molecule has 2 aliphatic rings. The van der Waals surface area contributed by atoms with Crippen LogP contribution in [0.2, 0.25) is 5.02 Å². The van der Waals surface area contributed by atoms with Crippen LogP contribution in [0.3, 0.4) is 0 Å². The molecular formula is C58H67Cl4N5O12. The predicted octanol–water partition coefficient (Wildman–Crippen LogP) is 12.3. The highest BCUT2D eigenvalue weighted by Crippen LogP contribution is 2.45. The normalized spacial score (nSPS) is 17.5. The topological polar surface area (TPSA) is 223 Å². The van der Waals surface area contributed by atoms with Gasteiger partial charge in [0.2, 0.25) is 9.70 Å². The van der Waals surface area contributed by atoms with Gasteiger partial charge in [0.15, 0.2) is 11.9 Å². The molecule has 0 spiro atoms. The van der Waals surface area contributed by atoms with Crippen molar-refractivity contribution in [1.29, 1.82) is 0 Å². The number of unbranched alkanes of at least 4 members (excludes halogenated alkanes) is 1. The molecule has 1 aliphatic carbocycles. The van der Waals surface area contributed by atoms with E-state index in [4.69, 9.17) is 85.1 Å². The number of hydrogen-bond acceptors (Lipinski definition) is 13. The highest BCUT2D eigenvalue weighted by atomic mass is 35.6. The van der Waals surface area contributed by atoms with Crippen LogP contribution in [-0.2, 0) is 54.0 Å². The second kappa shape index (κ2) is 29.4. The SMILES string of the molecule is COc1ccc(C[C@@H](NC(=O)/C=C/C[C@H](OC(=O)[C@H](CC(C)C)OC(=O)[C@@H](CCCCN=[N+]=[N-])CNC(=O)OCC2c3ccccc3-c3ccccc32)[C@H](C)[C@H]2OC(C)(C)O[C@@H]2c2ccccc2)C(=O)OCC(Cl)(Cl)Cl)cc1Cl. The monoisotopic (exact) mass is 1170 g/mol. The van der Waals surface area contributed by atoms with Gasteiger partial charge in [-0.25, -0.2) is 14.4 Å². The molecule has 6 rings (SSSR count). The summed E-state index contributed by atoms with van der Waals surface area (Å²) in [5, 5.41) is 9.27. The molecule has 1 heterocycles. The number of carbonyl (C=O) groups is 5. The lowest BCUT2D eigenvalue weighted by molar-refractivity contribution is -0.180. The zero-order valence-electron chi connectivity index (χ0n) is 44.9. The van der Waals surface area contributed by atoms with Crippen LogP contribution in [0.15, 0.2) is 114 Å². The number of alkyl carbamates (subject to hydrolysis) is 1. The van der Waals surface area contributed by atoms with Gasteiger partial charge in [0.25, 0.3) is 0 Å². The van der Waals surface area contributed by atoms with Gasteiger partial charge < -0.3 is 43.8 Å². The lowest BCUT2D eigenvalue weighted by Crippen LogP contribution is -2.43. The van der Waals surface area contributed by atoms with Crippen LogP contribution in [0.4, 0.5) is 4.79 Å². The third-order valence-electron chi connectivity index (χ3n) is 13.4. The molecule has 2 amide bonds. The van der Waals surface area contributed by atoms with Crippen molar-refractivity contribution in [1.82, 2.24) is 10.6 Å². The van der Waals surface area contributed by atoms with Crippen molar-refractivity contribution in [3.8, 4) is 16.9 Å². The van der Waals surface area contributed by atoms with Crippen molar-refractivity contribution < 1.29 is 57.1 Å². The number of nitrogens with one attached hydrogen (secondary N) is 2. The lowest BCUT2D eigenvalue weighted by atomic mass is 9.89. The van der Waals surface area contributed by atoms with Crippen molar-refractivity contribution >= 4 is 76.3 Å². The zero-order valence-corrected chi connectivity index (χ0v) is 47.9. The Morgan fingerprint density at radius 3 is 2.15 bits per heavy atom. The molecule has 4 aromatic rings. The van der Waals surface area contributed by atoms with E-state index in [1.54, 1.807) is 32.0 Å². The Labute approximate surface area is 480 Å². The molecule has 1 saturated heterocycles. The van der Waals surface area contributed by atoms with E-state index in [0.29, 0.717) is 24.2 Å². The van der Waals surface area contributed by atoms with Crippen LogP contribution in [0.25, 0.3) is 21.6 Å². The van der Waals surface area contributed by atoms with Gasteiger partial charge in [0.1, 0.15) is 37.2 Å². The van der Waals surface area contributed by atoms with E-state index in [1.807, 2.05) is 99.6 Å². The molecule has 1 fully saturated rings. The molecule has 0 aromatic heterocycles. The van der Waals surface area contributed by atoms with E-state index < -0.39 is 88.4 Å². The second-order valence-electron chi connectivity index (χ2n) is 20.3. The molecule has 424 valence electrons. The number of ether oxygens (including phenoxy) is 7. The molecule has 0 saturated carbocycles. The molecular weight excluding hydrogens is 1100 g/mol. The fourth-order valence-corrected chi connectivity index (χ4v) is 10.0. The fourth-order valence-electron chi connectivity index (χ4n) is 9.56. The first-order valence-electron chi connectivity index (χ1n) is 26.1. The number of methoxy groups -OCH3 is 1. The maximum absolute atomic E-state index is 14.6. The Bertz CT molecular complexity index is 2760. The molecule has 17 nitrogen and oxygen atoms in total. The second-order valence-corrected chi connectivity index (χ2v) is 23.2. The maximum Gasteiger partial charge on any atom is 0.407 e. The first-order chi connectivity index (χ1) is 37.7. The third kappa shape index (κ3) is 18.5. The highest BCUT2D eigenvalue weighted by Gasteiger charge is 2.47. The lowest BCUT2D eigenvalue weighted by Gasteiger charge is -2.31. The highest BCUT2D eigenvalue weighted by molar-refractivity contribution is 6.67. The van der Waals surface area contributed by atoms with Gasteiger partial charge in [0.05, 0.1) is 24.2 Å². The van der Waals surface area contributed by atoms with Crippen molar-refractivity contribution in [3.63, 3.8) is 0 Å². The Kier molecular flexibility index (Phi) is 23.2.